The van der Waals surface area contributed by atoms with E-state index in [9.17, 15) is 0 Å². The Morgan fingerprint density at radius 3 is 2.87 bits per heavy atom. The van der Waals surface area contributed by atoms with Crippen LogP contribution < -0.4 is 15.2 Å². The number of anilines is 1. The SMILES string of the molecule is COc1ccc(-c2cn3cccc(OCCCO)c3n2)cc1N. The van der Waals surface area contributed by atoms with E-state index < -0.39 is 0 Å². The lowest BCUT2D eigenvalue weighted by Gasteiger charge is -2.05. The summed E-state index contributed by atoms with van der Waals surface area (Å²) >= 11 is 0. The normalized spacial score (nSPS) is 10.9. The van der Waals surface area contributed by atoms with Gasteiger partial charge >= 0.3 is 0 Å². The number of nitrogens with zero attached hydrogens (tertiary/aromatic N) is 2. The number of aliphatic hydroxyl groups is 1. The highest BCUT2D eigenvalue weighted by molar-refractivity contribution is 5.71. The van der Waals surface area contributed by atoms with Crippen LogP contribution in [0.2, 0.25) is 0 Å². The van der Waals surface area contributed by atoms with E-state index in [1.807, 2.05) is 47.1 Å². The minimum atomic E-state index is 0.105. The number of fused-ring (bicyclic) bond motifs is 1. The Morgan fingerprint density at radius 2 is 2.13 bits per heavy atom. The smallest absolute Gasteiger partial charge is 0.180 e. The highest BCUT2D eigenvalue weighted by Gasteiger charge is 2.10. The molecule has 3 N–H and O–H groups in total. The molecule has 2 heterocycles. The fourth-order valence-electron chi connectivity index (χ4n) is 2.38. The molecule has 0 aliphatic heterocycles. The largest absolute Gasteiger partial charge is 0.495 e. The third-order valence-electron chi connectivity index (χ3n) is 3.53. The molecule has 0 saturated heterocycles. The van der Waals surface area contributed by atoms with Gasteiger partial charge in [0.25, 0.3) is 0 Å². The van der Waals surface area contributed by atoms with E-state index in [2.05, 4.69) is 4.98 Å². The zero-order valence-electron chi connectivity index (χ0n) is 12.9. The van der Waals surface area contributed by atoms with E-state index in [4.69, 9.17) is 20.3 Å². The van der Waals surface area contributed by atoms with Crippen LogP contribution in [0.25, 0.3) is 16.9 Å². The lowest BCUT2D eigenvalue weighted by molar-refractivity contribution is 0.234. The maximum Gasteiger partial charge on any atom is 0.180 e. The molecule has 0 spiro atoms. The molecule has 0 aliphatic rings. The minimum Gasteiger partial charge on any atom is -0.495 e. The van der Waals surface area contributed by atoms with Crippen molar-refractivity contribution in [1.29, 1.82) is 0 Å². The molecule has 0 atom stereocenters. The van der Waals surface area contributed by atoms with Gasteiger partial charge in [-0.2, -0.15) is 0 Å². The van der Waals surface area contributed by atoms with Gasteiger partial charge in [-0.25, -0.2) is 4.98 Å². The average molecular weight is 313 g/mol. The van der Waals surface area contributed by atoms with Crippen LogP contribution >= 0.6 is 0 Å². The number of nitrogen functional groups attached to an aromatic ring is 1. The molecule has 2 aromatic heterocycles. The van der Waals surface area contributed by atoms with E-state index in [0.29, 0.717) is 30.2 Å². The van der Waals surface area contributed by atoms with Gasteiger partial charge in [0.2, 0.25) is 0 Å². The number of aromatic nitrogens is 2. The second-order valence-corrected chi connectivity index (χ2v) is 5.11. The van der Waals surface area contributed by atoms with Crippen molar-refractivity contribution in [3.63, 3.8) is 0 Å². The molecule has 0 amide bonds. The van der Waals surface area contributed by atoms with E-state index in [0.717, 1.165) is 16.9 Å². The average Bonchev–Trinajstić information content (AvgIpc) is 3.00. The number of methoxy groups -OCH3 is 1. The number of aliphatic hydroxyl groups excluding tert-OH is 1. The van der Waals surface area contributed by atoms with Crippen molar-refractivity contribution in [2.45, 2.75) is 6.42 Å². The van der Waals surface area contributed by atoms with Crippen LogP contribution in [0.15, 0.2) is 42.7 Å². The van der Waals surface area contributed by atoms with Crippen LogP contribution in [0.5, 0.6) is 11.5 Å². The molecule has 0 saturated carbocycles. The van der Waals surface area contributed by atoms with E-state index >= 15 is 0 Å². The summed E-state index contributed by atoms with van der Waals surface area (Å²) in [5, 5.41) is 8.86. The number of imidazole rings is 1. The van der Waals surface area contributed by atoms with Crippen molar-refractivity contribution < 1.29 is 14.6 Å². The Bertz CT molecular complexity index is 814. The van der Waals surface area contributed by atoms with Gasteiger partial charge in [0.1, 0.15) is 5.75 Å². The van der Waals surface area contributed by atoms with Gasteiger partial charge in [0.05, 0.1) is 25.1 Å². The van der Waals surface area contributed by atoms with Crippen molar-refractivity contribution in [3.05, 3.63) is 42.7 Å². The first kappa shape index (κ1) is 15.2. The van der Waals surface area contributed by atoms with Crippen molar-refractivity contribution in [2.24, 2.45) is 0 Å². The van der Waals surface area contributed by atoms with Gasteiger partial charge in [0.15, 0.2) is 11.4 Å². The maximum atomic E-state index is 8.86. The predicted molar refractivity (Wildman–Crippen MR) is 88.8 cm³/mol. The highest BCUT2D eigenvalue weighted by Crippen LogP contribution is 2.29. The Balaban J connectivity index is 1.96. The first-order chi connectivity index (χ1) is 11.2. The Morgan fingerprint density at radius 1 is 1.26 bits per heavy atom. The van der Waals surface area contributed by atoms with Gasteiger partial charge in [0, 0.05) is 31.0 Å². The molecule has 0 unspecified atom stereocenters. The molecule has 0 fully saturated rings. The molecule has 0 bridgehead atoms. The number of rotatable bonds is 6. The summed E-state index contributed by atoms with van der Waals surface area (Å²) in [6, 6.07) is 9.35. The van der Waals surface area contributed by atoms with Crippen LogP contribution in [0.4, 0.5) is 5.69 Å². The molecule has 6 heteroatoms. The topological polar surface area (TPSA) is 82.0 Å². The molecule has 1 aromatic carbocycles. The van der Waals surface area contributed by atoms with E-state index in [1.165, 1.54) is 0 Å². The van der Waals surface area contributed by atoms with Gasteiger partial charge in [-0.05, 0) is 30.3 Å². The van der Waals surface area contributed by atoms with Crippen molar-refractivity contribution in [3.8, 4) is 22.8 Å². The predicted octanol–water partition coefficient (Wildman–Crippen LogP) is 2.35. The zero-order valence-corrected chi connectivity index (χ0v) is 12.9. The van der Waals surface area contributed by atoms with Gasteiger partial charge < -0.3 is 24.7 Å². The number of benzene rings is 1. The monoisotopic (exact) mass is 313 g/mol. The van der Waals surface area contributed by atoms with E-state index in [1.54, 1.807) is 7.11 Å². The number of pyridine rings is 1. The molecule has 0 radical (unpaired) electrons. The summed E-state index contributed by atoms with van der Waals surface area (Å²) in [6.07, 6.45) is 4.43. The second kappa shape index (κ2) is 6.58. The second-order valence-electron chi connectivity index (χ2n) is 5.11. The van der Waals surface area contributed by atoms with Crippen molar-refractivity contribution in [1.82, 2.24) is 9.38 Å². The quantitative estimate of drug-likeness (QED) is 0.539. The van der Waals surface area contributed by atoms with Crippen LogP contribution in [-0.4, -0.2) is 34.8 Å². The first-order valence-corrected chi connectivity index (χ1v) is 7.38. The third kappa shape index (κ3) is 3.07. The Labute approximate surface area is 134 Å². The highest BCUT2D eigenvalue weighted by atomic mass is 16.5. The zero-order chi connectivity index (χ0) is 16.2. The van der Waals surface area contributed by atoms with Gasteiger partial charge in [-0.1, -0.05) is 0 Å². The summed E-state index contributed by atoms with van der Waals surface area (Å²) in [6.45, 7) is 0.557. The first-order valence-electron chi connectivity index (χ1n) is 7.38. The van der Waals surface area contributed by atoms with Gasteiger partial charge in [-0.15, -0.1) is 0 Å². The molecule has 0 aliphatic carbocycles. The summed E-state index contributed by atoms with van der Waals surface area (Å²) in [5.41, 5.74) is 8.98. The fourth-order valence-corrected chi connectivity index (χ4v) is 2.38. The molecule has 6 nitrogen and oxygen atoms in total. The lowest BCUT2D eigenvalue weighted by Crippen LogP contribution is -2.01. The van der Waals surface area contributed by atoms with Crippen LogP contribution in [0, 0.1) is 0 Å². The number of nitrogens with two attached hydrogens (primary N) is 1. The minimum absolute atomic E-state index is 0.105. The number of ether oxygens (including phenoxy) is 2. The fraction of sp³-hybridized carbons (Fsp3) is 0.235. The summed E-state index contributed by atoms with van der Waals surface area (Å²) in [5.74, 6) is 1.33. The summed E-state index contributed by atoms with van der Waals surface area (Å²) < 4.78 is 12.8. The Hall–Kier alpha value is -2.73. The van der Waals surface area contributed by atoms with Crippen LogP contribution in [0.3, 0.4) is 0 Å². The van der Waals surface area contributed by atoms with Gasteiger partial charge in [-0.3, -0.25) is 0 Å². The molecule has 120 valence electrons. The Kier molecular flexibility index (Phi) is 4.34. The van der Waals surface area contributed by atoms with Crippen LogP contribution in [0.1, 0.15) is 6.42 Å². The molecule has 23 heavy (non-hydrogen) atoms. The molecular formula is C17H19N3O3. The molecular weight excluding hydrogens is 294 g/mol. The maximum absolute atomic E-state index is 8.86. The molecule has 3 rings (SSSR count). The van der Waals surface area contributed by atoms with Crippen molar-refractivity contribution >= 4 is 11.3 Å². The van der Waals surface area contributed by atoms with Crippen molar-refractivity contribution in [2.75, 3.05) is 26.1 Å². The van der Waals surface area contributed by atoms with E-state index in [-0.39, 0.29) is 6.61 Å². The third-order valence-corrected chi connectivity index (χ3v) is 3.53. The van der Waals surface area contributed by atoms with Crippen LogP contribution in [-0.2, 0) is 0 Å². The summed E-state index contributed by atoms with van der Waals surface area (Å²) in [4.78, 5) is 4.64. The summed E-state index contributed by atoms with van der Waals surface area (Å²) in [7, 11) is 1.59. The lowest BCUT2D eigenvalue weighted by atomic mass is 10.1. The number of hydrogen-bond donors (Lipinski definition) is 2. The molecule has 3 aromatic rings. The number of hydrogen-bond acceptors (Lipinski definition) is 5. The standard InChI is InChI=1S/C17H19N3O3/c1-22-15-6-5-12(10-13(15)18)14-11-20-7-2-4-16(17(20)19-14)23-9-3-8-21/h2,4-7,10-11,21H,3,8-9,18H2,1H3.